The van der Waals surface area contributed by atoms with Crippen molar-refractivity contribution in [3.63, 3.8) is 0 Å². The molecule has 96 valence electrons. The molecule has 0 fully saturated rings. The molecule has 1 aromatic rings. The molecule has 0 bridgehead atoms. The second kappa shape index (κ2) is 6.10. The second-order valence-corrected chi connectivity index (χ2v) is 5.51. The van der Waals surface area contributed by atoms with Crippen molar-refractivity contribution < 1.29 is 0 Å². The molecule has 0 aromatic carbocycles. The molecule has 0 aliphatic rings. The smallest absolute Gasteiger partial charge is 0.135 e. The maximum absolute atomic E-state index is 5.91. The van der Waals surface area contributed by atoms with Gasteiger partial charge in [-0.25, -0.2) is 9.97 Å². The van der Waals surface area contributed by atoms with E-state index in [9.17, 15) is 0 Å². The monoisotopic (exact) mass is 254 g/mol. The first-order valence-electron chi connectivity index (χ1n) is 5.85. The maximum atomic E-state index is 5.91. The lowest BCUT2D eigenvalue weighted by atomic mass is 10.2. The number of rotatable bonds is 5. The van der Waals surface area contributed by atoms with Gasteiger partial charge in [0.1, 0.15) is 17.5 Å². The number of thioether (sulfide) groups is 1. The Balaban J connectivity index is 2.97. The lowest BCUT2D eigenvalue weighted by molar-refractivity contribution is 0.770. The van der Waals surface area contributed by atoms with Gasteiger partial charge in [-0.3, -0.25) is 0 Å². The lowest BCUT2D eigenvalue weighted by Crippen LogP contribution is -2.20. The van der Waals surface area contributed by atoms with Crippen LogP contribution in [-0.2, 0) is 0 Å². The van der Waals surface area contributed by atoms with Crippen molar-refractivity contribution >= 4 is 23.4 Å². The number of aromatic nitrogens is 2. The van der Waals surface area contributed by atoms with Gasteiger partial charge in [0, 0.05) is 23.3 Å². The minimum absolute atomic E-state index is 0.286. The van der Waals surface area contributed by atoms with E-state index in [4.69, 9.17) is 5.73 Å². The Morgan fingerprint density at radius 2 is 1.94 bits per heavy atom. The zero-order valence-electron chi connectivity index (χ0n) is 11.2. The fourth-order valence-corrected chi connectivity index (χ4v) is 2.06. The number of nitrogens with two attached hydrogens (primary N) is 1. The number of nitrogen functional groups attached to an aromatic ring is 1. The largest absolute Gasteiger partial charge is 0.383 e. The summed E-state index contributed by atoms with van der Waals surface area (Å²) in [5.41, 5.74) is 6.85. The lowest BCUT2D eigenvalue weighted by Gasteiger charge is -2.17. The van der Waals surface area contributed by atoms with Gasteiger partial charge in [-0.2, -0.15) is 11.8 Å². The highest BCUT2D eigenvalue weighted by Gasteiger charge is 2.12. The van der Waals surface area contributed by atoms with Crippen molar-refractivity contribution in [2.75, 3.05) is 23.1 Å². The molecule has 1 rings (SSSR count). The van der Waals surface area contributed by atoms with Crippen molar-refractivity contribution in [1.29, 1.82) is 0 Å². The van der Waals surface area contributed by atoms with Crippen molar-refractivity contribution in [3.05, 3.63) is 11.4 Å². The standard InChI is InChI=1S/C12H22N4S/c1-7(2)11-15-10(13)9(4)12(16-11)14-8(3)6-17-5/h7-8H,6H2,1-5H3,(H3,13,14,15,16). The van der Waals surface area contributed by atoms with E-state index in [1.165, 1.54) is 0 Å². The summed E-state index contributed by atoms with van der Waals surface area (Å²) in [5.74, 6) is 3.56. The third kappa shape index (κ3) is 3.77. The topological polar surface area (TPSA) is 63.8 Å². The summed E-state index contributed by atoms with van der Waals surface area (Å²) < 4.78 is 0. The molecule has 1 unspecified atom stereocenters. The molecule has 0 spiro atoms. The van der Waals surface area contributed by atoms with E-state index in [1.54, 1.807) is 0 Å². The highest BCUT2D eigenvalue weighted by molar-refractivity contribution is 7.98. The molecule has 1 heterocycles. The summed E-state index contributed by atoms with van der Waals surface area (Å²) in [6.45, 7) is 8.23. The minimum Gasteiger partial charge on any atom is -0.383 e. The van der Waals surface area contributed by atoms with Gasteiger partial charge in [0.25, 0.3) is 0 Å². The summed E-state index contributed by atoms with van der Waals surface area (Å²) in [6, 6.07) is 0.373. The third-order valence-corrected chi connectivity index (χ3v) is 3.35. The molecule has 4 nitrogen and oxygen atoms in total. The average Bonchev–Trinajstić information content (AvgIpc) is 2.24. The Bertz CT molecular complexity index is 379. The third-order valence-electron chi connectivity index (χ3n) is 2.52. The Hall–Kier alpha value is -0.970. The predicted molar refractivity (Wildman–Crippen MR) is 76.7 cm³/mol. The van der Waals surface area contributed by atoms with Gasteiger partial charge in [-0.1, -0.05) is 13.8 Å². The van der Waals surface area contributed by atoms with E-state index in [-0.39, 0.29) is 5.92 Å². The van der Waals surface area contributed by atoms with Crippen LogP contribution in [0.4, 0.5) is 11.6 Å². The zero-order chi connectivity index (χ0) is 13.0. The van der Waals surface area contributed by atoms with Gasteiger partial charge in [0.15, 0.2) is 0 Å². The molecule has 1 atom stereocenters. The zero-order valence-corrected chi connectivity index (χ0v) is 12.1. The van der Waals surface area contributed by atoms with E-state index in [0.29, 0.717) is 11.9 Å². The van der Waals surface area contributed by atoms with Gasteiger partial charge >= 0.3 is 0 Å². The van der Waals surface area contributed by atoms with Crippen LogP contribution in [0.1, 0.15) is 38.1 Å². The minimum atomic E-state index is 0.286. The summed E-state index contributed by atoms with van der Waals surface area (Å²) in [6.07, 6.45) is 2.10. The normalized spacial score (nSPS) is 12.8. The van der Waals surface area contributed by atoms with Crippen LogP contribution in [-0.4, -0.2) is 28.0 Å². The van der Waals surface area contributed by atoms with E-state index < -0.39 is 0 Å². The van der Waals surface area contributed by atoms with Crippen LogP contribution in [0.15, 0.2) is 0 Å². The van der Waals surface area contributed by atoms with Crippen molar-refractivity contribution in [2.24, 2.45) is 0 Å². The van der Waals surface area contributed by atoms with Gasteiger partial charge in [-0.15, -0.1) is 0 Å². The Kier molecular flexibility index (Phi) is 5.05. The van der Waals surface area contributed by atoms with Crippen LogP contribution >= 0.6 is 11.8 Å². The average molecular weight is 254 g/mol. The summed E-state index contributed by atoms with van der Waals surface area (Å²) in [7, 11) is 0. The van der Waals surface area contributed by atoms with Crippen molar-refractivity contribution in [3.8, 4) is 0 Å². The summed E-state index contributed by atoms with van der Waals surface area (Å²) in [5, 5.41) is 3.40. The molecule has 3 N–H and O–H groups in total. The van der Waals surface area contributed by atoms with Gasteiger partial charge in [-0.05, 0) is 20.1 Å². The molecule has 17 heavy (non-hydrogen) atoms. The Morgan fingerprint density at radius 3 is 2.47 bits per heavy atom. The van der Waals surface area contributed by atoms with Gasteiger partial charge in [0.05, 0.1) is 0 Å². The number of anilines is 2. The second-order valence-electron chi connectivity index (χ2n) is 4.60. The van der Waals surface area contributed by atoms with Gasteiger partial charge < -0.3 is 11.1 Å². The van der Waals surface area contributed by atoms with Gasteiger partial charge in [0.2, 0.25) is 0 Å². The predicted octanol–water partition coefficient (Wildman–Crippen LogP) is 2.65. The summed E-state index contributed by atoms with van der Waals surface area (Å²) >= 11 is 1.81. The molecule has 0 saturated carbocycles. The SMILES string of the molecule is CSCC(C)Nc1nc(C(C)C)nc(N)c1C. The fourth-order valence-electron chi connectivity index (χ4n) is 1.48. The molecule has 1 aromatic heterocycles. The van der Waals surface area contributed by atoms with Crippen molar-refractivity contribution in [1.82, 2.24) is 9.97 Å². The first-order chi connectivity index (χ1) is 7.95. The van der Waals surface area contributed by atoms with Crippen LogP contribution in [0.25, 0.3) is 0 Å². The van der Waals surface area contributed by atoms with Crippen LogP contribution in [0.2, 0.25) is 0 Å². The first-order valence-corrected chi connectivity index (χ1v) is 7.24. The molecular weight excluding hydrogens is 232 g/mol. The highest BCUT2D eigenvalue weighted by atomic mass is 32.2. The number of hydrogen-bond donors (Lipinski definition) is 2. The summed E-state index contributed by atoms with van der Waals surface area (Å²) in [4.78, 5) is 8.85. The van der Waals surface area contributed by atoms with E-state index >= 15 is 0 Å². The molecule has 0 saturated heterocycles. The Morgan fingerprint density at radius 1 is 1.29 bits per heavy atom. The number of nitrogens with zero attached hydrogens (tertiary/aromatic N) is 2. The van der Waals surface area contributed by atoms with Crippen LogP contribution in [0, 0.1) is 6.92 Å². The van der Waals surface area contributed by atoms with Crippen LogP contribution in [0.5, 0.6) is 0 Å². The molecular formula is C12H22N4S. The maximum Gasteiger partial charge on any atom is 0.135 e. The van der Waals surface area contributed by atoms with E-state index in [2.05, 4.69) is 42.3 Å². The highest BCUT2D eigenvalue weighted by Crippen LogP contribution is 2.21. The quantitative estimate of drug-likeness (QED) is 0.845. The van der Waals surface area contributed by atoms with E-state index in [0.717, 1.165) is 23.0 Å². The Labute approximate surface area is 108 Å². The van der Waals surface area contributed by atoms with Crippen molar-refractivity contribution in [2.45, 2.75) is 39.7 Å². The molecule has 0 radical (unpaired) electrons. The first kappa shape index (κ1) is 14.1. The van der Waals surface area contributed by atoms with Crippen LogP contribution in [0.3, 0.4) is 0 Å². The number of hydrogen-bond acceptors (Lipinski definition) is 5. The fraction of sp³-hybridized carbons (Fsp3) is 0.667. The molecule has 0 aliphatic heterocycles. The number of nitrogens with one attached hydrogen (secondary N) is 1. The molecule has 5 heteroatoms. The molecule has 0 aliphatic carbocycles. The molecule has 0 amide bonds. The van der Waals surface area contributed by atoms with Crippen LogP contribution < -0.4 is 11.1 Å². The van der Waals surface area contributed by atoms with E-state index in [1.807, 2.05) is 18.7 Å².